The standard InChI is InChI=1S/C25H39N5O2/c1-18(2)10-16-30-23(32)9-8-21-19(3)26-24(27-25(21)30)20-11-15-29(17-20)22(31)7-6-14-28-12-4-5-13-28/h18,20H,4-17H2,1-3H3/t20-/m1/s1. The molecule has 32 heavy (non-hydrogen) atoms. The van der Waals surface area contributed by atoms with Crippen LogP contribution >= 0.6 is 0 Å². The number of aryl methyl sites for hydroxylation is 1. The van der Waals surface area contributed by atoms with Gasteiger partial charge in [-0.2, -0.15) is 0 Å². The average Bonchev–Trinajstić information content (AvgIpc) is 3.45. The highest BCUT2D eigenvalue weighted by Crippen LogP contribution is 2.32. The Kier molecular flexibility index (Phi) is 7.44. The molecule has 3 aliphatic rings. The Morgan fingerprint density at radius 1 is 1.09 bits per heavy atom. The van der Waals surface area contributed by atoms with Gasteiger partial charge in [-0.05, 0) is 71.0 Å². The van der Waals surface area contributed by atoms with E-state index in [0.29, 0.717) is 31.8 Å². The normalized spacial score (nSPS) is 21.6. The minimum Gasteiger partial charge on any atom is -0.342 e. The van der Waals surface area contributed by atoms with Crippen molar-refractivity contribution in [1.82, 2.24) is 19.8 Å². The van der Waals surface area contributed by atoms with Gasteiger partial charge in [0, 0.05) is 49.7 Å². The van der Waals surface area contributed by atoms with E-state index in [0.717, 1.165) is 61.7 Å². The minimum atomic E-state index is 0.158. The number of hydrogen-bond donors (Lipinski definition) is 0. The summed E-state index contributed by atoms with van der Waals surface area (Å²) in [4.78, 5) is 41.5. The molecule has 0 aromatic carbocycles. The van der Waals surface area contributed by atoms with Crippen LogP contribution in [-0.2, 0) is 16.0 Å². The van der Waals surface area contributed by atoms with E-state index in [2.05, 4.69) is 18.7 Å². The van der Waals surface area contributed by atoms with Crippen molar-refractivity contribution in [3.63, 3.8) is 0 Å². The lowest BCUT2D eigenvalue weighted by molar-refractivity contribution is -0.130. The largest absolute Gasteiger partial charge is 0.342 e. The molecule has 2 saturated heterocycles. The van der Waals surface area contributed by atoms with Crippen molar-refractivity contribution in [3.8, 4) is 0 Å². The van der Waals surface area contributed by atoms with Gasteiger partial charge in [0.1, 0.15) is 11.6 Å². The Balaban J connectivity index is 1.40. The van der Waals surface area contributed by atoms with Crippen LogP contribution in [0, 0.1) is 12.8 Å². The third kappa shape index (κ3) is 5.30. The van der Waals surface area contributed by atoms with Crippen LogP contribution in [0.2, 0.25) is 0 Å². The molecule has 4 heterocycles. The summed E-state index contributed by atoms with van der Waals surface area (Å²) >= 11 is 0. The fourth-order valence-electron chi connectivity index (χ4n) is 5.22. The average molecular weight is 442 g/mol. The van der Waals surface area contributed by atoms with Crippen molar-refractivity contribution in [2.24, 2.45) is 5.92 Å². The van der Waals surface area contributed by atoms with E-state index in [4.69, 9.17) is 9.97 Å². The third-order valence-electron chi connectivity index (χ3n) is 7.25. The number of hydrogen-bond acceptors (Lipinski definition) is 5. The van der Waals surface area contributed by atoms with Gasteiger partial charge in [0.15, 0.2) is 0 Å². The monoisotopic (exact) mass is 441 g/mol. The molecule has 1 aromatic rings. The summed E-state index contributed by atoms with van der Waals surface area (Å²) in [5.74, 6) is 2.75. The highest BCUT2D eigenvalue weighted by Gasteiger charge is 2.33. The number of fused-ring (bicyclic) bond motifs is 1. The van der Waals surface area contributed by atoms with Crippen LogP contribution in [-0.4, -0.2) is 70.9 Å². The lowest BCUT2D eigenvalue weighted by atomic mass is 10.0. The maximum atomic E-state index is 12.8. The quantitative estimate of drug-likeness (QED) is 0.619. The number of aromatic nitrogens is 2. The third-order valence-corrected chi connectivity index (χ3v) is 7.25. The van der Waals surface area contributed by atoms with E-state index in [9.17, 15) is 9.59 Å². The van der Waals surface area contributed by atoms with Crippen LogP contribution in [0.4, 0.5) is 5.82 Å². The molecule has 0 bridgehead atoms. The number of amides is 2. The van der Waals surface area contributed by atoms with Crippen molar-refractivity contribution in [2.75, 3.05) is 44.2 Å². The van der Waals surface area contributed by atoms with Crippen LogP contribution in [0.15, 0.2) is 0 Å². The van der Waals surface area contributed by atoms with Crippen LogP contribution < -0.4 is 4.90 Å². The highest BCUT2D eigenvalue weighted by atomic mass is 16.2. The van der Waals surface area contributed by atoms with Gasteiger partial charge in [-0.1, -0.05) is 13.8 Å². The molecule has 0 aliphatic carbocycles. The maximum Gasteiger partial charge on any atom is 0.228 e. The van der Waals surface area contributed by atoms with E-state index in [1.165, 1.54) is 25.9 Å². The zero-order valence-corrected chi connectivity index (χ0v) is 20.1. The number of likely N-dealkylation sites (tertiary alicyclic amines) is 2. The number of nitrogens with zero attached hydrogens (tertiary/aromatic N) is 5. The number of carbonyl (C=O) groups is 2. The summed E-state index contributed by atoms with van der Waals surface area (Å²) in [6, 6.07) is 0. The van der Waals surface area contributed by atoms with Crippen LogP contribution in [0.1, 0.15) is 81.8 Å². The van der Waals surface area contributed by atoms with Crippen molar-refractivity contribution in [1.29, 1.82) is 0 Å². The van der Waals surface area contributed by atoms with E-state index >= 15 is 0 Å². The molecule has 7 nitrogen and oxygen atoms in total. The van der Waals surface area contributed by atoms with Gasteiger partial charge in [-0.15, -0.1) is 0 Å². The smallest absolute Gasteiger partial charge is 0.228 e. The Morgan fingerprint density at radius 2 is 1.88 bits per heavy atom. The zero-order chi connectivity index (χ0) is 22.7. The first-order valence-corrected chi connectivity index (χ1v) is 12.6. The molecular weight excluding hydrogens is 402 g/mol. The van der Waals surface area contributed by atoms with Crippen LogP contribution in [0.5, 0.6) is 0 Å². The lowest BCUT2D eigenvalue weighted by Crippen LogP contribution is -2.38. The van der Waals surface area contributed by atoms with E-state index in [1.807, 2.05) is 16.7 Å². The molecule has 0 radical (unpaired) electrons. The second-order valence-corrected chi connectivity index (χ2v) is 10.2. The number of anilines is 1. The summed E-state index contributed by atoms with van der Waals surface area (Å²) in [7, 11) is 0. The van der Waals surface area contributed by atoms with Crippen molar-refractivity contribution >= 4 is 17.6 Å². The number of carbonyl (C=O) groups excluding carboxylic acids is 2. The van der Waals surface area contributed by atoms with Crippen LogP contribution in [0.3, 0.4) is 0 Å². The molecule has 0 unspecified atom stereocenters. The van der Waals surface area contributed by atoms with E-state index in [1.54, 1.807) is 0 Å². The van der Waals surface area contributed by atoms with Gasteiger partial charge in [0.2, 0.25) is 11.8 Å². The molecule has 0 spiro atoms. The fourth-order valence-corrected chi connectivity index (χ4v) is 5.22. The zero-order valence-electron chi connectivity index (χ0n) is 20.1. The summed E-state index contributed by atoms with van der Waals surface area (Å²) < 4.78 is 0. The molecule has 3 aliphatic heterocycles. The SMILES string of the molecule is Cc1nc([C@@H]2CCN(C(=O)CCCN3CCCC3)C2)nc2c1CCC(=O)N2CCC(C)C. The first-order valence-electron chi connectivity index (χ1n) is 12.6. The van der Waals surface area contributed by atoms with E-state index < -0.39 is 0 Å². The summed E-state index contributed by atoms with van der Waals surface area (Å²) in [5.41, 5.74) is 2.10. The highest BCUT2D eigenvalue weighted by molar-refractivity contribution is 5.95. The number of rotatable bonds is 8. The molecule has 176 valence electrons. The summed E-state index contributed by atoms with van der Waals surface area (Å²) in [6.07, 6.45) is 7.29. The minimum absolute atomic E-state index is 0.158. The molecule has 2 fully saturated rings. The molecule has 0 N–H and O–H groups in total. The predicted octanol–water partition coefficient (Wildman–Crippen LogP) is 3.30. The van der Waals surface area contributed by atoms with Crippen molar-refractivity contribution in [2.45, 2.75) is 78.1 Å². The predicted molar refractivity (Wildman–Crippen MR) is 126 cm³/mol. The maximum absolute atomic E-state index is 12.8. The molecule has 0 saturated carbocycles. The Labute approximate surface area is 192 Å². The molecule has 1 atom stereocenters. The first kappa shape index (κ1) is 23.1. The second-order valence-electron chi connectivity index (χ2n) is 10.2. The van der Waals surface area contributed by atoms with Gasteiger partial charge in [-0.25, -0.2) is 9.97 Å². The Bertz CT molecular complexity index is 834. The van der Waals surface area contributed by atoms with Gasteiger partial charge in [0.05, 0.1) is 0 Å². The van der Waals surface area contributed by atoms with Gasteiger partial charge in [0.25, 0.3) is 0 Å². The Morgan fingerprint density at radius 3 is 2.62 bits per heavy atom. The first-order chi connectivity index (χ1) is 15.4. The molecule has 4 rings (SSSR count). The molecule has 7 heteroatoms. The van der Waals surface area contributed by atoms with Gasteiger partial charge in [-0.3, -0.25) is 14.5 Å². The topological polar surface area (TPSA) is 69.6 Å². The lowest BCUT2D eigenvalue weighted by Gasteiger charge is -2.30. The summed E-state index contributed by atoms with van der Waals surface area (Å²) in [6.45, 7) is 12.0. The van der Waals surface area contributed by atoms with Crippen molar-refractivity contribution < 1.29 is 9.59 Å². The van der Waals surface area contributed by atoms with Gasteiger partial charge >= 0.3 is 0 Å². The van der Waals surface area contributed by atoms with Crippen LogP contribution in [0.25, 0.3) is 0 Å². The van der Waals surface area contributed by atoms with E-state index in [-0.39, 0.29) is 17.7 Å². The molecule has 2 amide bonds. The Hall–Kier alpha value is -2.02. The second kappa shape index (κ2) is 10.3. The molecule has 1 aromatic heterocycles. The van der Waals surface area contributed by atoms with Gasteiger partial charge < -0.3 is 9.80 Å². The summed E-state index contributed by atoms with van der Waals surface area (Å²) in [5, 5.41) is 0. The van der Waals surface area contributed by atoms with Crippen molar-refractivity contribution in [3.05, 3.63) is 17.1 Å². The fraction of sp³-hybridized carbons (Fsp3) is 0.760. The molecular formula is C25H39N5O2.